The van der Waals surface area contributed by atoms with E-state index in [0.717, 1.165) is 64.2 Å². The minimum Gasteiger partial charge on any atom is -0.462 e. The number of rotatable bonds is 60. The second-order valence-electron chi connectivity index (χ2n) is 21.6. The molecule has 11 nitrogen and oxygen atoms in total. The van der Waals surface area contributed by atoms with Gasteiger partial charge in [-0.2, -0.15) is 0 Å². The molecular weight excluding hydrogens is 952 g/mol. The van der Waals surface area contributed by atoms with Crippen LogP contribution in [0.5, 0.6) is 0 Å². The molecule has 2 N–H and O–H groups in total. The molecule has 0 aromatic rings. The molecule has 0 saturated carbocycles. The zero-order valence-corrected chi connectivity index (χ0v) is 49.5. The first-order chi connectivity index (χ1) is 36.2. The standard InChI is InChI=1S/C62H119O11P/c1-4-7-10-13-16-19-22-25-27-29-31-34-36-39-42-45-48-51-60(64)69-55-59(73-62(66)53-50-47-44-41-38-35-32-30-28-26-23-20-17-14-11-8-5-2)57-71-74(67,68)70-56-58(54-63)72-61(65)52-49-46-43-40-37-33-24-21-18-15-12-9-6-3/h26,28,58-59,63H,4-25,27,29-57H2,1-3H3,(H,67,68)/b28-26-. The highest BCUT2D eigenvalue weighted by Gasteiger charge is 2.28. The number of aliphatic hydroxyl groups excluding tert-OH is 1. The number of hydrogen-bond acceptors (Lipinski definition) is 10. The van der Waals surface area contributed by atoms with Gasteiger partial charge in [0.25, 0.3) is 0 Å². The molecule has 0 heterocycles. The molecule has 0 aromatic carbocycles. The third kappa shape index (κ3) is 55.0. The highest BCUT2D eigenvalue weighted by Crippen LogP contribution is 2.43. The van der Waals surface area contributed by atoms with Gasteiger partial charge in [0.1, 0.15) is 12.7 Å². The van der Waals surface area contributed by atoms with Crippen LogP contribution in [0.2, 0.25) is 0 Å². The molecule has 0 aliphatic heterocycles. The molecule has 0 saturated heterocycles. The second kappa shape index (κ2) is 57.4. The van der Waals surface area contributed by atoms with Gasteiger partial charge in [0.2, 0.25) is 0 Å². The lowest BCUT2D eigenvalue weighted by molar-refractivity contribution is -0.161. The molecule has 438 valence electrons. The minimum absolute atomic E-state index is 0.170. The Kier molecular flexibility index (Phi) is 56.0. The summed E-state index contributed by atoms with van der Waals surface area (Å²) in [4.78, 5) is 48.7. The lowest BCUT2D eigenvalue weighted by Gasteiger charge is -2.21. The molecule has 0 spiro atoms. The van der Waals surface area contributed by atoms with E-state index in [9.17, 15) is 28.9 Å². The number of carbonyl (C=O) groups excluding carboxylic acids is 3. The summed E-state index contributed by atoms with van der Waals surface area (Å²) >= 11 is 0. The Balaban J connectivity index is 4.66. The molecule has 0 aromatic heterocycles. The number of allylic oxidation sites excluding steroid dienone is 2. The van der Waals surface area contributed by atoms with Crippen LogP contribution in [-0.4, -0.2) is 66.5 Å². The normalized spacial score (nSPS) is 13.3. The molecule has 74 heavy (non-hydrogen) atoms. The van der Waals surface area contributed by atoms with E-state index in [0.29, 0.717) is 19.3 Å². The number of carbonyl (C=O) groups is 3. The lowest BCUT2D eigenvalue weighted by Crippen LogP contribution is -2.30. The van der Waals surface area contributed by atoms with E-state index in [4.69, 9.17) is 23.3 Å². The van der Waals surface area contributed by atoms with E-state index < -0.39 is 57.8 Å². The van der Waals surface area contributed by atoms with Gasteiger partial charge in [-0.25, -0.2) is 4.57 Å². The third-order valence-corrected chi connectivity index (χ3v) is 15.1. The number of aliphatic hydroxyl groups is 1. The van der Waals surface area contributed by atoms with E-state index in [1.807, 2.05) is 0 Å². The SMILES string of the molecule is CCCCCCCC/C=C\CCCCCCCCCC(=O)OC(COC(=O)CCCCCCCCCCCCCCCCCCC)COP(=O)(O)OCC(CO)OC(=O)CCCCCCCCCCCCCCC. The predicted octanol–water partition coefficient (Wildman–Crippen LogP) is 18.8. The van der Waals surface area contributed by atoms with Crippen molar-refractivity contribution in [3.8, 4) is 0 Å². The zero-order valence-electron chi connectivity index (χ0n) is 48.6. The van der Waals surface area contributed by atoms with Crippen LogP contribution in [0, 0.1) is 0 Å². The quantitative estimate of drug-likeness (QED) is 0.0197. The van der Waals surface area contributed by atoms with Gasteiger partial charge in [-0.3, -0.25) is 23.4 Å². The Bertz CT molecular complexity index is 1290. The van der Waals surface area contributed by atoms with Gasteiger partial charge in [0, 0.05) is 19.3 Å². The van der Waals surface area contributed by atoms with Crippen LogP contribution in [0.3, 0.4) is 0 Å². The third-order valence-electron chi connectivity index (χ3n) is 14.2. The van der Waals surface area contributed by atoms with Crippen molar-refractivity contribution in [1.82, 2.24) is 0 Å². The second-order valence-corrected chi connectivity index (χ2v) is 23.0. The monoisotopic (exact) mass is 1070 g/mol. The number of phosphoric ester groups is 1. The summed E-state index contributed by atoms with van der Waals surface area (Å²) in [6, 6.07) is 0. The first-order valence-corrected chi connectivity index (χ1v) is 33.1. The summed E-state index contributed by atoms with van der Waals surface area (Å²) in [5, 5.41) is 9.83. The molecule has 3 atom stereocenters. The Labute approximate surface area is 456 Å². The van der Waals surface area contributed by atoms with Crippen molar-refractivity contribution >= 4 is 25.7 Å². The Hall–Kier alpha value is -1.78. The van der Waals surface area contributed by atoms with Crippen LogP contribution in [0.1, 0.15) is 329 Å². The molecule has 0 fully saturated rings. The summed E-state index contributed by atoms with van der Waals surface area (Å²) in [6.45, 7) is 4.72. The Morgan fingerprint density at radius 1 is 0.365 bits per heavy atom. The summed E-state index contributed by atoms with van der Waals surface area (Å²) in [5.41, 5.74) is 0. The summed E-state index contributed by atoms with van der Waals surface area (Å²) in [7, 11) is -4.74. The Morgan fingerprint density at radius 3 is 0.932 bits per heavy atom. The van der Waals surface area contributed by atoms with Crippen LogP contribution in [0.25, 0.3) is 0 Å². The van der Waals surface area contributed by atoms with Crippen molar-refractivity contribution in [3.63, 3.8) is 0 Å². The van der Waals surface area contributed by atoms with Crippen LogP contribution in [0.15, 0.2) is 12.2 Å². The van der Waals surface area contributed by atoms with Crippen molar-refractivity contribution in [2.24, 2.45) is 0 Å². The van der Waals surface area contributed by atoms with Crippen molar-refractivity contribution in [2.45, 2.75) is 341 Å². The Morgan fingerprint density at radius 2 is 0.622 bits per heavy atom. The number of esters is 3. The highest BCUT2D eigenvalue weighted by atomic mass is 31.2. The molecule has 0 bridgehead atoms. The van der Waals surface area contributed by atoms with Crippen LogP contribution >= 0.6 is 7.82 Å². The van der Waals surface area contributed by atoms with Gasteiger partial charge < -0.3 is 24.2 Å². The molecule has 3 unspecified atom stereocenters. The van der Waals surface area contributed by atoms with E-state index in [2.05, 4.69) is 32.9 Å². The molecule has 0 aliphatic rings. The fraction of sp³-hybridized carbons (Fsp3) is 0.919. The maximum Gasteiger partial charge on any atom is 0.472 e. The molecule has 0 radical (unpaired) electrons. The lowest BCUT2D eigenvalue weighted by atomic mass is 10.0. The fourth-order valence-electron chi connectivity index (χ4n) is 9.35. The molecule has 0 amide bonds. The minimum atomic E-state index is -4.74. The van der Waals surface area contributed by atoms with E-state index in [-0.39, 0.29) is 25.9 Å². The number of phosphoric acid groups is 1. The molecular formula is C62H119O11P. The van der Waals surface area contributed by atoms with Crippen molar-refractivity contribution in [1.29, 1.82) is 0 Å². The van der Waals surface area contributed by atoms with Crippen LogP contribution < -0.4 is 0 Å². The maximum absolute atomic E-state index is 12.9. The number of unbranched alkanes of at least 4 members (excludes halogenated alkanes) is 41. The zero-order chi connectivity index (χ0) is 54.1. The van der Waals surface area contributed by atoms with E-state index in [1.54, 1.807) is 0 Å². The average Bonchev–Trinajstić information content (AvgIpc) is 3.39. The molecule has 0 aliphatic carbocycles. The summed E-state index contributed by atoms with van der Waals surface area (Å²) in [6.07, 6.45) is 57.3. The number of ether oxygens (including phenoxy) is 3. The first kappa shape index (κ1) is 72.2. The van der Waals surface area contributed by atoms with Gasteiger partial charge in [-0.1, -0.05) is 277 Å². The summed E-state index contributed by atoms with van der Waals surface area (Å²) in [5.74, 6) is -1.43. The van der Waals surface area contributed by atoms with E-state index in [1.165, 1.54) is 205 Å². The molecule has 0 rings (SSSR count). The van der Waals surface area contributed by atoms with Crippen LogP contribution in [0.4, 0.5) is 0 Å². The number of hydrogen-bond donors (Lipinski definition) is 2. The average molecular weight is 1070 g/mol. The fourth-order valence-corrected chi connectivity index (χ4v) is 10.1. The van der Waals surface area contributed by atoms with Crippen LogP contribution in [-0.2, 0) is 42.2 Å². The first-order valence-electron chi connectivity index (χ1n) is 31.6. The van der Waals surface area contributed by atoms with Gasteiger partial charge in [-0.05, 0) is 44.9 Å². The van der Waals surface area contributed by atoms with Crippen molar-refractivity contribution < 1.29 is 52.2 Å². The topological polar surface area (TPSA) is 155 Å². The smallest absolute Gasteiger partial charge is 0.462 e. The van der Waals surface area contributed by atoms with Crippen molar-refractivity contribution in [3.05, 3.63) is 12.2 Å². The van der Waals surface area contributed by atoms with Gasteiger partial charge in [-0.15, -0.1) is 0 Å². The van der Waals surface area contributed by atoms with Gasteiger partial charge in [0.15, 0.2) is 6.10 Å². The highest BCUT2D eigenvalue weighted by molar-refractivity contribution is 7.47. The maximum atomic E-state index is 12.9. The summed E-state index contributed by atoms with van der Waals surface area (Å²) < 4.78 is 39.6. The largest absolute Gasteiger partial charge is 0.472 e. The molecule has 12 heteroatoms. The van der Waals surface area contributed by atoms with Crippen molar-refractivity contribution in [2.75, 3.05) is 26.4 Å². The van der Waals surface area contributed by atoms with Gasteiger partial charge in [0.05, 0.1) is 19.8 Å². The van der Waals surface area contributed by atoms with E-state index >= 15 is 0 Å². The predicted molar refractivity (Wildman–Crippen MR) is 307 cm³/mol. The van der Waals surface area contributed by atoms with Gasteiger partial charge >= 0.3 is 25.7 Å².